The summed E-state index contributed by atoms with van der Waals surface area (Å²) in [6.45, 7) is 1.87. The summed E-state index contributed by atoms with van der Waals surface area (Å²) in [5.74, 6) is -1.01. The van der Waals surface area contributed by atoms with Crippen molar-refractivity contribution >= 4 is 22.2 Å². The highest BCUT2D eigenvalue weighted by molar-refractivity contribution is 7.89. The molecule has 166 valence electrons. The van der Waals surface area contributed by atoms with E-state index in [-0.39, 0.29) is 10.5 Å². The highest BCUT2D eigenvalue weighted by atomic mass is 32.2. The van der Waals surface area contributed by atoms with Gasteiger partial charge in [-0.05, 0) is 43.3 Å². The highest BCUT2D eigenvalue weighted by Gasteiger charge is 2.14. The lowest BCUT2D eigenvalue weighted by molar-refractivity contribution is 0.0697. The lowest BCUT2D eigenvalue weighted by atomic mass is 10.1. The summed E-state index contributed by atoms with van der Waals surface area (Å²) in [5.41, 5.74) is 3.76. The average Bonchev–Trinajstić information content (AvgIpc) is 3.24. The minimum atomic E-state index is -3.81. The van der Waals surface area contributed by atoms with Crippen molar-refractivity contribution in [1.82, 2.24) is 14.6 Å². The van der Waals surface area contributed by atoms with Crippen molar-refractivity contribution in [3.05, 3.63) is 102 Å². The number of sulfonamides is 1. The van der Waals surface area contributed by atoms with Gasteiger partial charge in [-0.15, -0.1) is 0 Å². The normalized spacial score (nSPS) is 11.5. The van der Waals surface area contributed by atoms with Crippen molar-refractivity contribution < 1.29 is 18.3 Å². The van der Waals surface area contributed by atoms with Gasteiger partial charge >= 0.3 is 5.97 Å². The van der Waals surface area contributed by atoms with Gasteiger partial charge in [-0.2, -0.15) is 18.6 Å². The Morgan fingerprint density at radius 2 is 1.67 bits per heavy atom. The van der Waals surface area contributed by atoms with E-state index < -0.39 is 16.0 Å². The van der Waals surface area contributed by atoms with Gasteiger partial charge in [0.2, 0.25) is 0 Å². The molecule has 0 aliphatic heterocycles. The Balaban J connectivity index is 1.66. The van der Waals surface area contributed by atoms with Crippen molar-refractivity contribution in [2.45, 2.75) is 11.8 Å². The molecule has 0 atom stereocenters. The largest absolute Gasteiger partial charge is 0.478 e. The molecule has 0 fully saturated rings. The van der Waals surface area contributed by atoms with E-state index in [9.17, 15) is 13.2 Å². The number of aryl methyl sites for hydroxylation is 1. The maximum atomic E-state index is 12.5. The molecule has 2 N–H and O–H groups in total. The number of nitrogens with zero attached hydrogens (tertiary/aromatic N) is 3. The van der Waals surface area contributed by atoms with Crippen LogP contribution in [0.2, 0.25) is 0 Å². The summed E-state index contributed by atoms with van der Waals surface area (Å²) in [4.78, 5) is 13.5. The second kappa shape index (κ2) is 9.09. The molecule has 1 aromatic heterocycles. The number of aromatic carboxylic acids is 1. The predicted molar refractivity (Wildman–Crippen MR) is 125 cm³/mol. The molecule has 3 aromatic carbocycles. The smallest absolute Gasteiger partial charge is 0.335 e. The Morgan fingerprint density at radius 3 is 2.30 bits per heavy atom. The van der Waals surface area contributed by atoms with Gasteiger partial charge in [0, 0.05) is 17.3 Å². The first kappa shape index (κ1) is 22.0. The minimum absolute atomic E-state index is 0.114. The number of hydrazone groups is 1. The lowest BCUT2D eigenvalue weighted by Gasteiger charge is -2.03. The van der Waals surface area contributed by atoms with E-state index in [0.29, 0.717) is 16.9 Å². The Hall–Kier alpha value is -4.24. The zero-order valence-corrected chi connectivity index (χ0v) is 18.4. The van der Waals surface area contributed by atoms with Crippen LogP contribution < -0.4 is 4.83 Å². The number of carboxylic acids is 1. The van der Waals surface area contributed by atoms with Crippen molar-refractivity contribution in [3.63, 3.8) is 0 Å². The van der Waals surface area contributed by atoms with Gasteiger partial charge in [0.1, 0.15) is 5.69 Å². The molecule has 0 radical (unpaired) electrons. The summed E-state index contributed by atoms with van der Waals surface area (Å²) < 4.78 is 26.6. The Bertz CT molecular complexity index is 1410. The molecule has 1 heterocycles. The molecule has 4 aromatic rings. The van der Waals surface area contributed by atoms with Crippen LogP contribution in [0.4, 0.5) is 0 Å². The van der Waals surface area contributed by atoms with E-state index in [1.54, 1.807) is 35.1 Å². The van der Waals surface area contributed by atoms with Gasteiger partial charge in [-0.1, -0.05) is 48.0 Å². The van der Waals surface area contributed by atoms with E-state index in [1.807, 2.05) is 37.3 Å². The van der Waals surface area contributed by atoms with Crippen LogP contribution in [0, 0.1) is 6.92 Å². The Morgan fingerprint density at radius 1 is 1.00 bits per heavy atom. The second-order valence-corrected chi connectivity index (χ2v) is 8.92. The maximum absolute atomic E-state index is 12.5. The van der Waals surface area contributed by atoms with Gasteiger partial charge in [0.05, 0.1) is 22.4 Å². The van der Waals surface area contributed by atoms with Gasteiger partial charge in [-0.25, -0.2) is 14.3 Å². The molecule has 33 heavy (non-hydrogen) atoms. The van der Waals surface area contributed by atoms with Crippen molar-refractivity contribution in [3.8, 4) is 16.9 Å². The van der Waals surface area contributed by atoms with Crippen molar-refractivity contribution in [2.75, 3.05) is 0 Å². The molecule has 9 heteroatoms. The van der Waals surface area contributed by atoms with Crippen LogP contribution in [-0.2, 0) is 10.0 Å². The summed E-state index contributed by atoms with van der Waals surface area (Å²) in [6, 6.07) is 22.1. The molecule has 0 unspecified atom stereocenters. The van der Waals surface area contributed by atoms with Crippen LogP contribution in [0.3, 0.4) is 0 Å². The van der Waals surface area contributed by atoms with E-state index in [4.69, 9.17) is 5.11 Å². The molecule has 4 rings (SSSR count). The second-order valence-electron chi connectivity index (χ2n) is 7.26. The Kier molecular flexibility index (Phi) is 6.05. The van der Waals surface area contributed by atoms with Gasteiger partial charge in [0.15, 0.2) is 0 Å². The number of aromatic nitrogens is 2. The third kappa shape index (κ3) is 4.99. The predicted octanol–water partition coefficient (Wildman–Crippen LogP) is 3.86. The van der Waals surface area contributed by atoms with E-state index in [1.165, 1.54) is 30.5 Å². The number of carboxylic acid groups (broad SMARTS) is 1. The number of nitrogens with one attached hydrogen (secondary N) is 1. The number of hydrogen-bond acceptors (Lipinski definition) is 5. The molecule has 0 aliphatic carbocycles. The number of carbonyl (C=O) groups is 1. The third-order valence-electron chi connectivity index (χ3n) is 4.88. The van der Waals surface area contributed by atoms with E-state index in [2.05, 4.69) is 15.0 Å². The van der Waals surface area contributed by atoms with Crippen LogP contribution in [0.15, 0.2) is 95.1 Å². The summed E-state index contributed by atoms with van der Waals surface area (Å²) in [6.07, 6.45) is 3.09. The van der Waals surface area contributed by atoms with Crippen LogP contribution in [-0.4, -0.2) is 35.5 Å². The maximum Gasteiger partial charge on any atom is 0.335 e. The molecule has 0 bridgehead atoms. The van der Waals surface area contributed by atoms with E-state index in [0.717, 1.165) is 11.1 Å². The fourth-order valence-electron chi connectivity index (χ4n) is 3.13. The highest BCUT2D eigenvalue weighted by Crippen LogP contribution is 2.23. The molecular weight excluding hydrogens is 440 g/mol. The van der Waals surface area contributed by atoms with E-state index >= 15 is 0 Å². The Labute approximate surface area is 190 Å². The zero-order valence-electron chi connectivity index (χ0n) is 17.6. The van der Waals surface area contributed by atoms with Crippen molar-refractivity contribution in [1.29, 1.82) is 0 Å². The topological polar surface area (TPSA) is 114 Å². The molecule has 8 nitrogen and oxygen atoms in total. The third-order valence-corrected chi connectivity index (χ3v) is 6.11. The number of hydrogen-bond donors (Lipinski definition) is 2. The SMILES string of the molecule is Cc1ccc(S(=O)(=O)N/N=C/c2cn(-c3ccc(C(=O)O)cc3)nc2-c2ccccc2)cc1. The number of benzene rings is 3. The fraction of sp³-hybridized carbons (Fsp3) is 0.0417. The average molecular weight is 461 g/mol. The van der Waals surface area contributed by atoms with Crippen molar-refractivity contribution in [2.24, 2.45) is 5.10 Å². The summed E-state index contributed by atoms with van der Waals surface area (Å²) >= 11 is 0. The van der Waals surface area contributed by atoms with Gasteiger partial charge < -0.3 is 5.11 Å². The molecule has 0 aliphatic rings. The fourth-order valence-corrected chi connectivity index (χ4v) is 3.92. The summed E-state index contributed by atoms with van der Waals surface area (Å²) in [5, 5.41) is 17.7. The summed E-state index contributed by atoms with van der Waals surface area (Å²) in [7, 11) is -3.81. The zero-order chi connectivity index (χ0) is 23.4. The first-order valence-electron chi connectivity index (χ1n) is 9.94. The molecular formula is C24H20N4O4S. The molecule has 0 amide bonds. The van der Waals surface area contributed by atoms with Crippen LogP contribution in [0.5, 0.6) is 0 Å². The van der Waals surface area contributed by atoms with Crippen LogP contribution in [0.25, 0.3) is 16.9 Å². The van der Waals surface area contributed by atoms with Gasteiger partial charge in [0.25, 0.3) is 10.0 Å². The quantitative estimate of drug-likeness (QED) is 0.321. The van der Waals surface area contributed by atoms with Crippen LogP contribution in [0.1, 0.15) is 21.5 Å². The van der Waals surface area contributed by atoms with Crippen LogP contribution >= 0.6 is 0 Å². The first-order valence-corrected chi connectivity index (χ1v) is 11.4. The van der Waals surface area contributed by atoms with Gasteiger partial charge in [-0.3, -0.25) is 0 Å². The number of rotatable bonds is 7. The first-order chi connectivity index (χ1) is 15.8. The minimum Gasteiger partial charge on any atom is -0.478 e. The lowest BCUT2D eigenvalue weighted by Crippen LogP contribution is -2.18. The standard InChI is InChI=1S/C24H20N4O4S/c1-17-7-13-22(14-8-17)33(31,32)27-25-15-20-16-28(21-11-9-19(10-12-21)24(29)30)26-23(20)18-5-3-2-4-6-18/h2-16,27H,1H3,(H,29,30)/b25-15+. The molecule has 0 spiro atoms. The molecule has 0 saturated heterocycles. The molecule has 0 saturated carbocycles. The monoisotopic (exact) mass is 460 g/mol.